The van der Waals surface area contributed by atoms with Crippen molar-refractivity contribution < 1.29 is 14.3 Å². The maximum absolute atomic E-state index is 12.1. The predicted molar refractivity (Wildman–Crippen MR) is 104 cm³/mol. The van der Waals surface area contributed by atoms with Crippen LogP contribution in [0.3, 0.4) is 0 Å². The van der Waals surface area contributed by atoms with E-state index < -0.39 is 5.91 Å². The highest BCUT2D eigenvalue weighted by molar-refractivity contribution is 6.32. The molecule has 6 nitrogen and oxygen atoms in total. The summed E-state index contributed by atoms with van der Waals surface area (Å²) in [4.78, 5) is 23.7. The number of halogens is 1. The summed E-state index contributed by atoms with van der Waals surface area (Å²) < 4.78 is 5.52. The molecule has 0 bridgehead atoms. The molecule has 2 amide bonds. The summed E-state index contributed by atoms with van der Waals surface area (Å²) in [5, 5.41) is 14.7. The van der Waals surface area contributed by atoms with Crippen molar-refractivity contribution >= 4 is 29.1 Å². The molecule has 2 N–H and O–H groups in total. The van der Waals surface area contributed by atoms with Gasteiger partial charge in [0.1, 0.15) is 12.2 Å². The van der Waals surface area contributed by atoms with Gasteiger partial charge in [0.25, 0.3) is 5.91 Å². The van der Waals surface area contributed by atoms with Crippen LogP contribution in [-0.4, -0.2) is 18.4 Å². The van der Waals surface area contributed by atoms with Crippen LogP contribution in [-0.2, 0) is 16.1 Å². The maximum atomic E-state index is 12.1. The first-order valence-corrected chi connectivity index (χ1v) is 8.69. The lowest BCUT2D eigenvalue weighted by atomic mass is 10.1. The average molecular weight is 386 g/mol. The molecule has 7 heteroatoms. The van der Waals surface area contributed by atoms with Crippen molar-refractivity contribution in [1.82, 2.24) is 5.32 Å². The van der Waals surface area contributed by atoms with Crippen LogP contribution in [0.1, 0.15) is 23.1 Å². The number of nitrogens with zero attached hydrogens (tertiary/aromatic N) is 1. The second kappa shape index (κ2) is 9.60. The molecule has 0 saturated carbocycles. The molecule has 0 radical (unpaired) electrons. The van der Waals surface area contributed by atoms with Crippen LogP contribution in [0.2, 0.25) is 5.02 Å². The molecule has 2 aromatic carbocycles. The molecule has 27 heavy (non-hydrogen) atoms. The minimum Gasteiger partial charge on any atom is -0.484 e. The first kappa shape index (κ1) is 20.3. The third kappa shape index (κ3) is 6.01. The number of amides is 2. The molecule has 0 unspecified atom stereocenters. The summed E-state index contributed by atoms with van der Waals surface area (Å²) in [6.45, 7) is 3.84. The van der Waals surface area contributed by atoms with Crippen LogP contribution in [0.15, 0.2) is 36.4 Å². The van der Waals surface area contributed by atoms with Gasteiger partial charge in [-0.25, -0.2) is 0 Å². The second-order valence-electron chi connectivity index (χ2n) is 5.98. The highest BCUT2D eigenvalue weighted by Crippen LogP contribution is 2.25. The van der Waals surface area contributed by atoms with E-state index in [1.54, 1.807) is 42.5 Å². The van der Waals surface area contributed by atoms with Crippen LogP contribution in [0, 0.1) is 25.2 Å². The number of aryl methyl sites for hydroxylation is 2. The standard InChI is InChI=1S/C20H20ClN3O3/c1-13-9-16(10-14(2)20(13)21)27-12-19(26)23-11-15-5-3-4-6-17(15)24-18(25)7-8-22/h3-6,9-10H,7,11-12H2,1-2H3,(H,23,26)(H,24,25). The molecule has 0 aliphatic carbocycles. The SMILES string of the molecule is Cc1cc(OCC(=O)NCc2ccccc2NC(=O)CC#N)cc(C)c1Cl. The molecule has 0 saturated heterocycles. The van der Waals surface area contributed by atoms with Gasteiger partial charge in [-0.3, -0.25) is 9.59 Å². The van der Waals surface area contributed by atoms with E-state index in [1.165, 1.54) is 0 Å². The van der Waals surface area contributed by atoms with Gasteiger partial charge in [-0.1, -0.05) is 29.8 Å². The van der Waals surface area contributed by atoms with E-state index in [1.807, 2.05) is 13.8 Å². The molecule has 2 rings (SSSR count). The van der Waals surface area contributed by atoms with Crippen LogP contribution in [0.25, 0.3) is 0 Å². The largest absolute Gasteiger partial charge is 0.484 e. The van der Waals surface area contributed by atoms with Gasteiger partial charge in [0.15, 0.2) is 6.61 Å². The van der Waals surface area contributed by atoms with Crippen molar-refractivity contribution in [3.63, 3.8) is 0 Å². The number of para-hydroxylation sites is 1. The third-order valence-electron chi connectivity index (χ3n) is 3.79. The first-order valence-electron chi connectivity index (χ1n) is 8.31. The molecule has 0 aliphatic rings. The Kier molecular flexibility index (Phi) is 7.21. The predicted octanol–water partition coefficient (Wildman–Crippen LogP) is 3.50. The Balaban J connectivity index is 1.91. The quantitative estimate of drug-likeness (QED) is 0.763. The molecule has 0 aliphatic heterocycles. The lowest BCUT2D eigenvalue weighted by molar-refractivity contribution is -0.123. The molecule has 140 valence electrons. The number of carbonyl (C=O) groups is 2. The van der Waals surface area contributed by atoms with Gasteiger partial charge in [0, 0.05) is 17.3 Å². The Bertz CT molecular complexity index is 867. The van der Waals surface area contributed by atoms with Crippen molar-refractivity contribution in [2.75, 3.05) is 11.9 Å². The van der Waals surface area contributed by atoms with E-state index in [2.05, 4.69) is 10.6 Å². The number of ether oxygens (including phenoxy) is 1. The number of carbonyl (C=O) groups excluding carboxylic acids is 2. The lowest BCUT2D eigenvalue weighted by Crippen LogP contribution is -2.29. The van der Waals surface area contributed by atoms with Gasteiger partial charge in [-0.15, -0.1) is 0 Å². The van der Waals surface area contributed by atoms with E-state index in [0.29, 0.717) is 16.5 Å². The van der Waals surface area contributed by atoms with Crippen molar-refractivity contribution in [2.45, 2.75) is 26.8 Å². The number of nitrogens with one attached hydrogen (secondary N) is 2. The van der Waals surface area contributed by atoms with E-state index in [-0.39, 0.29) is 25.5 Å². The van der Waals surface area contributed by atoms with Crippen LogP contribution in [0.4, 0.5) is 5.69 Å². The number of nitriles is 1. The molecule has 0 atom stereocenters. The summed E-state index contributed by atoms with van der Waals surface area (Å²) in [5.74, 6) is -0.111. The highest BCUT2D eigenvalue weighted by atomic mass is 35.5. The van der Waals surface area contributed by atoms with Crippen molar-refractivity contribution in [1.29, 1.82) is 5.26 Å². The van der Waals surface area contributed by atoms with Crippen molar-refractivity contribution in [2.24, 2.45) is 0 Å². The van der Waals surface area contributed by atoms with E-state index in [0.717, 1.165) is 16.7 Å². The van der Waals surface area contributed by atoms with Crippen molar-refractivity contribution in [3.8, 4) is 11.8 Å². The molecule has 0 aromatic heterocycles. The Hall–Kier alpha value is -3.04. The Morgan fingerprint density at radius 1 is 1.15 bits per heavy atom. The number of anilines is 1. The number of rotatable bonds is 7. The Morgan fingerprint density at radius 3 is 2.48 bits per heavy atom. The van der Waals surface area contributed by atoms with Gasteiger partial charge < -0.3 is 15.4 Å². The minimum atomic E-state index is -0.395. The summed E-state index contributed by atoms with van der Waals surface area (Å²) in [6, 6.07) is 12.4. The molecule has 0 fully saturated rings. The van der Waals surface area contributed by atoms with Crippen LogP contribution >= 0.6 is 11.6 Å². The molecule has 0 heterocycles. The summed E-state index contributed by atoms with van der Waals surface area (Å²) >= 11 is 6.12. The summed E-state index contributed by atoms with van der Waals surface area (Å²) in [7, 11) is 0. The Morgan fingerprint density at radius 2 is 1.81 bits per heavy atom. The summed E-state index contributed by atoms with van der Waals surface area (Å²) in [6.07, 6.45) is -0.228. The monoisotopic (exact) mass is 385 g/mol. The minimum absolute atomic E-state index is 0.135. The molecule has 2 aromatic rings. The van der Waals surface area contributed by atoms with Crippen LogP contribution < -0.4 is 15.4 Å². The fourth-order valence-electron chi connectivity index (χ4n) is 2.45. The number of benzene rings is 2. The molecule has 0 spiro atoms. The smallest absolute Gasteiger partial charge is 0.258 e. The Labute approximate surface area is 163 Å². The van der Waals surface area contributed by atoms with Gasteiger partial charge in [-0.05, 0) is 48.7 Å². The number of hydrogen-bond acceptors (Lipinski definition) is 4. The normalized spacial score (nSPS) is 10.0. The highest BCUT2D eigenvalue weighted by Gasteiger charge is 2.09. The van der Waals surface area contributed by atoms with Gasteiger partial charge in [0.2, 0.25) is 5.91 Å². The molecular weight excluding hydrogens is 366 g/mol. The fourth-order valence-corrected chi connectivity index (χ4v) is 2.55. The number of hydrogen-bond donors (Lipinski definition) is 2. The van der Waals surface area contributed by atoms with Gasteiger partial charge in [-0.2, -0.15) is 5.26 Å². The van der Waals surface area contributed by atoms with Gasteiger partial charge >= 0.3 is 0 Å². The fraction of sp³-hybridized carbons (Fsp3) is 0.250. The van der Waals surface area contributed by atoms with E-state index in [9.17, 15) is 9.59 Å². The molecular formula is C20H20ClN3O3. The topological polar surface area (TPSA) is 91.2 Å². The summed E-state index contributed by atoms with van der Waals surface area (Å²) in [5.41, 5.74) is 3.06. The van der Waals surface area contributed by atoms with Gasteiger partial charge in [0.05, 0.1) is 6.07 Å². The van der Waals surface area contributed by atoms with E-state index in [4.69, 9.17) is 21.6 Å². The maximum Gasteiger partial charge on any atom is 0.258 e. The second-order valence-corrected chi connectivity index (χ2v) is 6.35. The average Bonchev–Trinajstić information content (AvgIpc) is 2.63. The zero-order valence-electron chi connectivity index (χ0n) is 15.1. The zero-order valence-corrected chi connectivity index (χ0v) is 15.9. The first-order chi connectivity index (χ1) is 12.9. The third-order valence-corrected chi connectivity index (χ3v) is 4.38. The lowest BCUT2D eigenvalue weighted by Gasteiger charge is -2.12. The van der Waals surface area contributed by atoms with Crippen molar-refractivity contribution in [3.05, 3.63) is 58.1 Å². The van der Waals surface area contributed by atoms with Crippen LogP contribution in [0.5, 0.6) is 5.75 Å². The van der Waals surface area contributed by atoms with E-state index >= 15 is 0 Å². The zero-order chi connectivity index (χ0) is 19.8.